The van der Waals surface area contributed by atoms with E-state index in [1.165, 1.54) is 57.1 Å². The quantitative estimate of drug-likeness (QED) is 0.273. The number of rotatable bonds is 7. The van der Waals surface area contributed by atoms with Crippen LogP contribution < -0.4 is 25.0 Å². The number of pyridine rings is 3. The molecule has 5 rings (SSSR count). The van der Waals surface area contributed by atoms with Gasteiger partial charge in [0, 0.05) is 47.5 Å². The summed E-state index contributed by atoms with van der Waals surface area (Å²) >= 11 is 0. The average Bonchev–Trinajstić information content (AvgIpc) is 2.94. The summed E-state index contributed by atoms with van der Waals surface area (Å²) in [6.45, 7) is 1.63. The third-order valence-electron chi connectivity index (χ3n) is 6.13. The lowest BCUT2D eigenvalue weighted by molar-refractivity contribution is 0.102. The number of carbonyl (C=O) groups excluding carboxylic acids is 1. The molecule has 0 aliphatic heterocycles. The zero-order valence-corrected chi connectivity index (χ0v) is 21.5. The Morgan fingerprint density at radius 2 is 1.70 bits per heavy atom. The van der Waals surface area contributed by atoms with Gasteiger partial charge in [0.25, 0.3) is 5.91 Å². The number of halogens is 2. The molecule has 0 saturated heterocycles. The van der Waals surface area contributed by atoms with E-state index < -0.39 is 23.0 Å². The van der Waals surface area contributed by atoms with Gasteiger partial charge in [-0.05, 0) is 36.8 Å². The molecular formula is C29H22F2N4O5. The second-order valence-electron chi connectivity index (χ2n) is 8.63. The van der Waals surface area contributed by atoms with Crippen LogP contribution in [-0.2, 0) is 0 Å². The van der Waals surface area contributed by atoms with Gasteiger partial charge in [-0.3, -0.25) is 14.6 Å². The van der Waals surface area contributed by atoms with Crippen LogP contribution in [0.3, 0.4) is 0 Å². The van der Waals surface area contributed by atoms with Gasteiger partial charge in [0.15, 0.2) is 28.9 Å². The summed E-state index contributed by atoms with van der Waals surface area (Å²) in [5.41, 5.74) is 0.988. The Kier molecular flexibility index (Phi) is 7.11. The van der Waals surface area contributed by atoms with Crippen molar-refractivity contribution in [3.05, 3.63) is 100 Å². The fourth-order valence-corrected chi connectivity index (χ4v) is 4.12. The minimum absolute atomic E-state index is 0.0230. The van der Waals surface area contributed by atoms with E-state index >= 15 is 0 Å². The molecule has 1 amide bonds. The first-order valence-corrected chi connectivity index (χ1v) is 11.9. The SMILES string of the molecule is COc1cnc2c(Oc3ccc(NC(=O)c4c[nH]c(C)c(-c5ccc(OC)c(F)c5)c4=O)cc3F)ccnc2c1. The molecule has 2 N–H and O–H groups in total. The normalized spacial score (nSPS) is 10.8. The number of benzene rings is 2. The Labute approximate surface area is 226 Å². The van der Waals surface area contributed by atoms with Crippen molar-refractivity contribution < 1.29 is 27.8 Å². The van der Waals surface area contributed by atoms with Crippen molar-refractivity contribution in [1.29, 1.82) is 0 Å². The number of hydrogen-bond acceptors (Lipinski definition) is 7. The Morgan fingerprint density at radius 3 is 2.42 bits per heavy atom. The Bertz CT molecular complexity index is 1820. The van der Waals surface area contributed by atoms with Crippen LogP contribution in [0.15, 0.2) is 71.9 Å². The summed E-state index contributed by atoms with van der Waals surface area (Å²) in [5.74, 6) is -1.49. The standard InChI is InChI=1S/C29H22F2N4O5/c1-15-26(16-4-6-23(39-3)20(30)10-16)28(36)19(14-33-15)29(37)35-17-5-7-24(21(31)11-17)40-25-8-9-32-22-12-18(38-2)13-34-27(22)25/h4-14H,1-3H3,(H,33,36)(H,35,37). The Hall–Kier alpha value is -5.32. The number of aryl methyl sites for hydroxylation is 1. The molecule has 3 aromatic heterocycles. The maximum Gasteiger partial charge on any atom is 0.261 e. The molecule has 0 fully saturated rings. The van der Waals surface area contributed by atoms with E-state index in [-0.39, 0.29) is 39.6 Å². The van der Waals surface area contributed by atoms with E-state index in [2.05, 4.69) is 20.3 Å². The van der Waals surface area contributed by atoms with Gasteiger partial charge < -0.3 is 24.5 Å². The number of anilines is 1. The van der Waals surface area contributed by atoms with Crippen molar-refractivity contribution in [2.75, 3.05) is 19.5 Å². The van der Waals surface area contributed by atoms with Crippen molar-refractivity contribution in [3.8, 4) is 34.1 Å². The fraction of sp³-hybridized carbons (Fsp3) is 0.103. The van der Waals surface area contributed by atoms with Gasteiger partial charge in [0.2, 0.25) is 5.43 Å². The molecule has 9 nitrogen and oxygen atoms in total. The number of nitrogens with one attached hydrogen (secondary N) is 2. The van der Waals surface area contributed by atoms with Crippen LogP contribution in [0.2, 0.25) is 0 Å². The molecule has 0 atom stereocenters. The van der Waals surface area contributed by atoms with E-state index in [0.717, 1.165) is 12.1 Å². The smallest absolute Gasteiger partial charge is 0.261 e. The van der Waals surface area contributed by atoms with Gasteiger partial charge in [-0.25, -0.2) is 13.8 Å². The summed E-state index contributed by atoms with van der Waals surface area (Å²) in [6, 6.07) is 11.1. The van der Waals surface area contributed by atoms with Crippen molar-refractivity contribution in [2.24, 2.45) is 0 Å². The average molecular weight is 545 g/mol. The van der Waals surface area contributed by atoms with Gasteiger partial charge in [-0.1, -0.05) is 6.07 Å². The number of carbonyl (C=O) groups is 1. The number of aromatic nitrogens is 3. The van der Waals surface area contributed by atoms with Gasteiger partial charge in [0.05, 0.1) is 25.9 Å². The number of hydrogen-bond donors (Lipinski definition) is 2. The summed E-state index contributed by atoms with van der Waals surface area (Å²) < 4.78 is 45.1. The number of amides is 1. The number of nitrogens with zero attached hydrogens (tertiary/aromatic N) is 2. The summed E-state index contributed by atoms with van der Waals surface area (Å²) in [7, 11) is 2.84. The van der Waals surface area contributed by atoms with Crippen LogP contribution in [0, 0.1) is 18.6 Å². The van der Waals surface area contributed by atoms with Crippen LogP contribution in [0.4, 0.5) is 14.5 Å². The molecule has 0 radical (unpaired) electrons. The molecule has 5 aromatic rings. The first-order valence-electron chi connectivity index (χ1n) is 11.9. The molecule has 0 spiro atoms. The van der Waals surface area contributed by atoms with Crippen LogP contribution in [-0.4, -0.2) is 35.1 Å². The van der Waals surface area contributed by atoms with Crippen LogP contribution in [0.5, 0.6) is 23.0 Å². The number of methoxy groups -OCH3 is 2. The number of aromatic amines is 1. The molecule has 2 aromatic carbocycles. The lowest BCUT2D eigenvalue weighted by Gasteiger charge is -2.12. The Morgan fingerprint density at radius 1 is 0.925 bits per heavy atom. The molecule has 0 saturated carbocycles. The minimum atomic E-state index is -0.775. The monoisotopic (exact) mass is 544 g/mol. The maximum absolute atomic E-state index is 15.0. The van der Waals surface area contributed by atoms with E-state index in [1.807, 2.05) is 0 Å². The molecule has 0 bridgehead atoms. The van der Waals surface area contributed by atoms with E-state index in [9.17, 15) is 18.4 Å². The molecule has 0 aliphatic rings. The lowest BCUT2D eigenvalue weighted by Crippen LogP contribution is -2.23. The predicted molar refractivity (Wildman–Crippen MR) is 144 cm³/mol. The molecule has 40 heavy (non-hydrogen) atoms. The molecule has 11 heteroatoms. The highest BCUT2D eigenvalue weighted by atomic mass is 19.1. The zero-order valence-electron chi connectivity index (χ0n) is 21.5. The summed E-state index contributed by atoms with van der Waals surface area (Å²) in [5, 5.41) is 2.52. The topological polar surface area (TPSA) is 115 Å². The largest absolute Gasteiger partial charge is 0.495 e. The number of H-pyrrole nitrogens is 1. The van der Waals surface area contributed by atoms with Crippen molar-refractivity contribution >= 4 is 22.6 Å². The van der Waals surface area contributed by atoms with E-state index in [0.29, 0.717) is 22.5 Å². The second kappa shape index (κ2) is 10.8. The van der Waals surface area contributed by atoms with Crippen LogP contribution in [0.25, 0.3) is 22.2 Å². The second-order valence-corrected chi connectivity index (χ2v) is 8.63. The highest BCUT2D eigenvalue weighted by Crippen LogP contribution is 2.32. The van der Waals surface area contributed by atoms with Crippen LogP contribution >= 0.6 is 0 Å². The highest BCUT2D eigenvalue weighted by molar-refractivity contribution is 6.04. The minimum Gasteiger partial charge on any atom is -0.495 e. The predicted octanol–water partition coefficient (Wildman–Crippen LogP) is 5.63. The van der Waals surface area contributed by atoms with Crippen molar-refractivity contribution in [3.63, 3.8) is 0 Å². The van der Waals surface area contributed by atoms with Crippen LogP contribution in [0.1, 0.15) is 16.1 Å². The first-order chi connectivity index (χ1) is 19.3. The lowest BCUT2D eigenvalue weighted by atomic mass is 10.0. The summed E-state index contributed by atoms with van der Waals surface area (Å²) in [6.07, 6.45) is 4.24. The van der Waals surface area contributed by atoms with Gasteiger partial charge in [-0.2, -0.15) is 0 Å². The van der Waals surface area contributed by atoms with Gasteiger partial charge in [-0.15, -0.1) is 0 Å². The summed E-state index contributed by atoms with van der Waals surface area (Å²) in [4.78, 5) is 37.6. The molecular weight excluding hydrogens is 522 g/mol. The van der Waals surface area contributed by atoms with Crippen molar-refractivity contribution in [1.82, 2.24) is 15.0 Å². The zero-order chi connectivity index (χ0) is 28.4. The third-order valence-corrected chi connectivity index (χ3v) is 6.13. The van der Waals surface area contributed by atoms with Gasteiger partial charge in [0.1, 0.15) is 16.8 Å². The molecule has 3 heterocycles. The van der Waals surface area contributed by atoms with E-state index in [1.54, 1.807) is 19.1 Å². The highest BCUT2D eigenvalue weighted by Gasteiger charge is 2.19. The molecule has 0 unspecified atom stereocenters. The van der Waals surface area contributed by atoms with Crippen molar-refractivity contribution in [2.45, 2.75) is 6.92 Å². The fourth-order valence-electron chi connectivity index (χ4n) is 4.12. The van der Waals surface area contributed by atoms with E-state index in [4.69, 9.17) is 14.2 Å². The number of fused-ring (bicyclic) bond motifs is 1. The Balaban J connectivity index is 1.39. The molecule has 202 valence electrons. The third kappa shape index (κ3) is 5.04. The number of ether oxygens (including phenoxy) is 3. The first kappa shape index (κ1) is 26.3. The van der Waals surface area contributed by atoms with Gasteiger partial charge >= 0.3 is 0 Å². The maximum atomic E-state index is 15.0. The molecule has 0 aliphatic carbocycles.